The van der Waals surface area contributed by atoms with Crippen molar-refractivity contribution < 1.29 is 22.7 Å². The Balaban J connectivity index is 2.02. The molecule has 0 heterocycles. The van der Waals surface area contributed by atoms with E-state index in [0.717, 1.165) is 0 Å². The molecule has 24 heavy (non-hydrogen) atoms. The van der Waals surface area contributed by atoms with Crippen LogP contribution in [0, 0.1) is 0 Å². The standard InChI is InChI=1S/C17H15ClF3NO2/c18-14(13-9-5-2-6-10-13)15(17(19,20)21)22-16(23)24-11-12-7-3-1-4-8-12/h1-10,14-15H,11H2,(H,22,23)/t14-,15+/m1/s1. The third-order valence-electron chi connectivity index (χ3n) is 3.25. The number of amides is 1. The monoisotopic (exact) mass is 357 g/mol. The van der Waals surface area contributed by atoms with Crippen molar-refractivity contribution in [1.82, 2.24) is 5.32 Å². The number of halogens is 4. The molecular formula is C17H15ClF3NO2. The zero-order chi connectivity index (χ0) is 17.6. The molecule has 7 heteroatoms. The molecule has 128 valence electrons. The number of ether oxygens (including phenoxy) is 1. The third kappa shape index (κ3) is 5.16. The van der Waals surface area contributed by atoms with Crippen LogP contribution < -0.4 is 5.32 Å². The van der Waals surface area contributed by atoms with Gasteiger partial charge in [-0.1, -0.05) is 60.7 Å². The Bertz CT molecular complexity index is 650. The van der Waals surface area contributed by atoms with Gasteiger partial charge in [-0.25, -0.2) is 4.79 Å². The minimum atomic E-state index is -4.71. The summed E-state index contributed by atoms with van der Waals surface area (Å²) < 4.78 is 44.5. The van der Waals surface area contributed by atoms with Crippen LogP contribution in [-0.4, -0.2) is 18.3 Å². The average molecular weight is 358 g/mol. The van der Waals surface area contributed by atoms with E-state index in [0.29, 0.717) is 5.56 Å². The van der Waals surface area contributed by atoms with Crippen molar-refractivity contribution in [2.45, 2.75) is 24.2 Å². The molecule has 0 aliphatic carbocycles. The van der Waals surface area contributed by atoms with Crippen molar-refractivity contribution >= 4 is 17.7 Å². The van der Waals surface area contributed by atoms with Crippen molar-refractivity contribution in [1.29, 1.82) is 0 Å². The van der Waals surface area contributed by atoms with Gasteiger partial charge < -0.3 is 10.1 Å². The summed E-state index contributed by atoms with van der Waals surface area (Å²) in [5, 5.41) is 0.345. The lowest BCUT2D eigenvalue weighted by Crippen LogP contribution is -2.48. The van der Waals surface area contributed by atoms with E-state index in [1.807, 2.05) is 5.32 Å². The molecule has 0 aliphatic heterocycles. The van der Waals surface area contributed by atoms with Gasteiger partial charge in [-0.2, -0.15) is 13.2 Å². The van der Waals surface area contributed by atoms with E-state index in [4.69, 9.17) is 16.3 Å². The van der Waals surface area contributed by atoms with Crippen LogP contribution in [0.1, 0.15) is 16.5 Å². The largest absolute Gasteiger partial charge is 0.445 e. The first kappa shape index (κ1) is 18.1. The first-order valence-electron chi connectivity index (χ1n) is 7.11. The topological polar surface area (TPSA) is 38.3 Å². The first-order valence-corrected chi connectivity index (χ1v) is 7.54. The number of alkyl halides is 4. The quantitative estimate of drug-likeness (QED) is 0.779. The maximum Gasteiger partial charge on any atom is 0.410 e. The maximum atomic E-state index is 13.2. The van der Waals surface area contributed by atoms with Gasteiger partial charge in [0.1, 0.15) is 12.6 Å². The number of nitrogens with one attached hydrogen (secondary N) is 1. The number of carbonyl (C=O) groups is 1. The molecule has 0 unspecified atom stereocenters. The highest BCUT2D eigenvalue weighted by Gasteiger charge is 2.46. The van der Waals surface area contributed by atoms with Gasteiger partial charge in [0, 0.05) is 0 Å². The molecule has 0 spiro atoms. The SMILES string of the molecule is O=C(N[C@@H]([C@H](Cl)c1ccccc1)C(F)(F)F)OCc1ccccc1. The van der Waals surface area contributed by atoms with Crippen molar-refractivity contribution in [3.63, 3.8) is 0 Å². The van der Waals surface area contributed by atoms with E-state index in [9.17, 15) is 18.0 Å². The predicted molar refractivity (Wildman–Crippen MR) is 84.6 cm³/mol. The van der Waals surface area contributed by atoms with Crippen LogP contribution in [0.3, 0.4) is 0 Å². The highest BCUT2D eigenvalue weighted by Crippen LogP contribution is 2.34. The molecule has 0 saturated carbocycles. The molecule has 2 aromatic rings. The minimum Gasteiger partial charge on any atom is -0.445 e. The number of rotatable bonds is 5. The van der Waals surface area contributed by atoms with Gasteiger partial charge in [-0.15, -0.1) is 11.6 Å². The van der Waals surface area contributed by atoms with Gasteiger partial charge >= 0.3 is 12.3 Å². The van der Waals surface area contributed by atoms with Crippen LogP contribution in [0.25, 0.3) is 0 Å². The smallest absolute Gasteiger partial charge is 0.410 e. The summed E-state index contributed by atoms with van der Waals surface area (Å²) in [6.07, 6.45) is -5.89. The van der Waals surface area contributed by atoms with E-state index in [2.05, 4.69) is 0 Å². The van der Waals surface area contributed by atoms with Gasteiger partial charge in [0.25, 0.3) is 0 Å². The Morgan fingerprint density at radius 3 is 2.12 bits per heavy atom. The van der Waals surface area contributed by atoms with Crippen LogP contribution in [0.5, 0.6) is 0 Å². The van der Waals surface area contributed by atoms with Crippen molar-refractivity contribution in [2.75, 3.05) is 0 Å². The second-order valence-corrected chi connectivity index (χ2v) is 5.51. The summed E-state index contributed by atoms with van der Waals surface area (Å²) >= 11 is 5.93. The molecule has 0 aromatic heterocycles. The highest BCUT2D eigenvalue weighted by molar-refractivity contribution is 6.21. The Kier molecular flexibility index (Phi) is 6.09. The molecule has 0 bridgehead atoms. The molecule has 1 amide bonds. The van der Waals surface area contributed by atoms with Crippen LogP contribution in [0.2, 0.25) is 0 Å². The number of hydrogen-bond acceptors (Lipinski definition) is 2. The fourth-order valence-corrected chi connectivity index (χ4v) is 2.39. The van der Waals surface area contributed by atoms with Crippen molar-refractivity contribution in [3.8, 4) is 0 Å². The molecule has 2 aromatic carbocycles. The fraction of sp³-hybridized carbons (Fsp3) is 0.235. The third-order valence-corrected chi connectivity index (χ3v) is 3.75. The fourth-order valence-electron chi connectivity index (χ4n) is 2.04. The number of carbonyl (C=O) groups excluding carboxylic acids is 1. The van der Waals surface area contributed by atoms with Gasteiger partial charge in [0.15, 0.2) is 0 Å². The molecule has 0 fully saturated rings. The van der Waals surface area contributed by atoms with E-state index in [-0.39, 0.29) is 12.2 Å². The maximum absolute atomic E-state index is 13.2. The lowest BCUT2D eigenvalue weighted by molar-refractivity contribution is -0.155. The number of benzene rings is 2. The molecule has 1 N–H and O–H groups in total. The van der Waals surface area contributed by atoms with Crippen LogP contribution in [0.15, 0.2) is 60.7 Å². The molecule has 0 aliphatic rings. The zero-order valence-corrected chi connectivity index (χ0v) is 13.2. The molecule has 2 atom stereocenters. The van der Waals surface area contributed by atoms with Gasteiger partial charge in [0.2, 0.25) is 0 Å². The Morgan fingerprint density at radius 2 is 1.58 bits per heavy atom. The molecule has 0 radical (unpaired) electrons. The van der Waals surface area contributed by atoms with Gasteiger partial charge in [-0.3, -0.25) is 0 Å². The Hall–Kier alpha value is -2.21. The van der Waals surface area contributed by atoms with E-state index < -0.39 is 23.7 Å². The van der Waals surface area contributed by atoms with Gasteiger partial charge in [-0.05, 0) is 11.1 Å². The number of hydrogen-bond donors (Lipinski definition) is 1. The summed E-state index contributed by atoms with van der Waals surface area (Å²) in [5.41, 5.74) is 0.923. The van der Waals surface area contributed by atoms with E-state index in [1.54, 1.807) is 48.5 Å². The summed E-state index contributed by atoms with van der Waals surface area (Å²) in [6.45, 7) is -0.129. The van der Waals surface area contributed by atoms with Crippen molar-refractivity contribution in [3.05, 3.63) is 71.8 Å². The summed E-state index contributed by atoms with van der Waals surface area (Å²) in [7, 11) is 0. The van der Waals surface area contributed by atoms with Crippen LogP contribution >= 0.6 is 11.6 Å². The molecule has 2 rings (SSSR count). The lowest BCUT2D eigenvalue weighted by Gasteiger charge is -2.25. The molecule has 0 saturated heterocycles. The average Bonchev–Trinajstić information content (AvgIpc) is 2.58. The normalized spacial score (nSPS) is 13.8. The minimum absolute atomic E-state index is 0.129. The van der Waals surface area contributed by atoms with Crippen LogP contribution in [-0.2, 0) is 11.3 Å². The van der Waals surface area contributed by atoms with Crippen molar-refractivity contribution in [2.24, 2.45) is 0 Å². The number of alkyl carbamates (subject to hydrolysis) is 1. The second-order valence-electron chi connectivity index (χ2n) is 5.04. The molecular weight excluding hydrogens is 343 g/mol. The highest BCUT2D eigenvalue weighted by atomic mass is 35.5. The Morgan fingerprint density at radius 1 is 1.04 bits per heavy atom. The van der Waals surface area contributed by atoms with E-state index in [1.165, 1.54) is 12.1 Å². The summed E-state index contributed by atoms with van der Waals surface area (Å²) in [4.78, 5) is 11.7. The Labute approximate surface area is 142 Å². The predicted octanol–water partition coefficient (Wildman–Crippen LogP) is 4.82. The summed E-state index contributed by atoms with van der Waals surface area (Å²) in [5.74, 6) is 0. The van der Waals surface area contributed by atoms with E-state index >= 15 is 0 Å². The van der Waals surface area contributed by atoms with Crippen LogP contribution in [0.4, 0.5) is 18.0 Å². The van der Waals surface area contributed by atoms with Gasteiger partial charge in [0.05, 0.1) is 5.38 Å². The first-order chi connectivity index (χ1) is 11.4. The zero-order valence-electron chi connectivity index (χ0n) is 12.5. The second kappa shape index (κ2) is 8.06. The lowest BCUT2D eigenvalue weighted by atomic mass is 10.1. The molecule has 3 nitrogen and oxygen atoms in total. The summed E-state index contributed by atoms with van der Waals surface area (Å²) in [6, 6.07) is 14.1.